The molecule has 5 heteroatoms. The first kappa shape index (κ1) is 18.2. The molecule has 1 saturated carbocycles. The zero-order valence-electron chi connectivity index (χ0n) is 13.7. The largest absolute Gasteiger partial charge is 0.340 e. The van der Waals surface area contributed by atoms with Crippen LogP contribution in [0, 0.1) is 5.82 Å². The third-order valence-corrected chi connectivity index (χ3v) is 5.37. The van der Waals surface area contributed by atoms with Gasteiger partial charge in [-0.15, -0.1) is 12.4 Å². The Bertz CT molecular complexity index is 546. The highest BCUT2D eigenvalue weighted by Gasteiger charge is 2.46. The fourth-order valence-corrected chi connectivity index (χ4v) is 4.13. The molecule has 0 aromatic heterocycles. The van der Waals surface area contributed by atoms with Gasteiger partial charge in [-0.2, -0.15) is 0 Å². The van der Waals surface area contributed by atoms with Crippen LogP contribution >= 0.6 is 12.4 Å². The van der Waals surface area contributed by atoms with Crippen molar-refractivity contribution in [2.45, 2.75) is 50.0 Å². The van der Waals surface area contributed by atoms with Crippen molar-refractivity contribution < 1.29 is 9.18 Å². The van der Waals surface area contributed by atoms with Gasteiger partial charge in [0.1, 0.15) is 5.82 Å². The van der Waals surface area contributed by atoms with Crippen LogP contribution < -0.4 is 5.32 Å². The van der Waals surface area contributed by atoms with E-state index in [9.17, 15) is 9.18 Å². The number of benzene rings is 1. The maximum Gasteiger partial charge on any atom is 0.233 e. The summed E-state index contributed by atoms with van der Waals surface area (Å²) in [4.78, 5) is 15.2. The molecule has 0 bridgehead atoms. The molecule has 0 spiro atoms. The van der Waals surface area contributed by atoms with Crippen LogP contribution in [-0.4, -0.2) is 37.0 Å². The second-order valence-electron chi connectivity index (χ2n) is 6.65. The van der Waals surface area contributed by atoms with E-state index in [4.69, 9.17) is 0 Å². The molecule has 1 aliphatic heterocycles. The van der Waals surface area contributed by atoms with Crippen LogP contribution in [0.25, 0.3) is 0 Å². The van der Waals surface area contributed by atoms with Crippen molar-refractivity contribution in [2.75, 3.05) is 20.1 Å². The first-order chi connectivity index (χ1) is 10.7. The summed E-state index contributed by atoms with van der Waals surface area (Å²) in [5.74, 6) is -0.102. The van der Waals surface area contributed by atoms with Gasteiger partial charge in [-0.05, 0) is 38.8 Å². The van der Waals surface area contributed by atoms with Crippen molar-refractivity contribution >= 4 is 18.3 Å². The molecular formula is C18H26ClFN2O. The molecular weight excluding hydrogens is 315 g/mol. The van der Waals surface area contributed by atoms with Crippen molar-refractivity contribution in [1.82, 2.24) is 10.2 Å². The lowest BCUT2D eigenvalue weighted by atomic mass is 9.76. The van der Waals surface area contributed by atoms with Crippen LogP contribution in [0.15, 0.2) is 24.3 Å². The van der Waals surface area contributed by atoms with Crippen LogP contribution in [-0.2, 0) is 10.2 Å². The molecule has 1 heterocycles. The number of rotatable bonds is 3. The Labute approximate surface area is 144 Å². The summed E-state index contributed by atoms with van der Waals surface area (Å²) in [7, 11) is 1.95. The van der Waals surface area contributed by atoms with Gasteiger partial charge in [0.05, 0.1) is 5.41 Å². The number of hydrogen-bond donors (Lipinski definition) is 1. The Kier molecular flexibility index (Phi) is 6.04. The molecule has 2 aliphatic rings. The first-order valence-electron chi connectivity index (χ1n) is 8.39. The zero-order chi connectivity index (χ0) is 15.6. The molecule has 128 valence electrons. The van der Waals surface area contributed by atoms with E-state index in [0.29, 0.717) is 11.6 Å². The van der Waals surface area contributed by atoms with Gasteiger partial charge in [0, 0.05) is 24.7 Å². The molecule has 0 radical (unpaired) electrons. The Balaban J connectivity index is 0.00000192. The van der Waals surface area contributed by atoms with Crippen LogP contribution in [0.1, 0.15) is 44.1 Å². The standard InChI is InChI=1S/C18H25FN2O.ClH/c1-20-14-7-6-12-21(13-14)17(22)18(10-4-5-11-18)15-8-2-3-9-16(15)19;/h2-3,8-9,14,20H,4-7,10-13H2,1H3;1H. The predicted molar refractivity (Wildman–Crippen MR) is 92.5 cm³/mol. The van der Waals surface area contributed by atoms with Gasteiger partial charge in [0.2, 0.25) is 5.91 Å². The smallest absolute Gasteiger partial charge is 0.233 e. The minimum Gasteiger partial charge on any atom is -0.340 e. The maximum absolute atomic E-state index is 14.4. The van der Waals surface area contributed by atoms with E-state index >= 15 is 0 Å². The fourth-order valence-electron chi connectivity index (χ4n) is 4.13. The number of hydrogen-bond acceptors (Lipinski definition) is 2. The summed E-state index contributed by atoms with van der Waals surface area (Å²) >= 11 is 0. The number of amides is 1. The normalized spacial score (nSPS) is 23.4. The van der Waals surface area contributed by atoms with Gasteiger partial charge < -0.3 is 10.2 Å². The molecule has 1 saturated heterocycles. The second-order valence-corrected chi connectivity index (χ2v) is 6.65. The molecule has 23 heavy (non-hydrogen) atoms. The fraction of sp³-hybridized carbons (Fsp3) is 0.611. The van der Waals surface area contributed by atoms with E-state index < -0.39 is 5.41 Å². The van der Waals surface area contributed by atoms with E-state index in [1.54, 1.807) is 12.1 Å². The average molecular weight is 341 g/mol. The molecule has 3 rings (SSSR count). The van der Waals surface area contributed by atoms with Crippen molar-refractivity contribution in [2.24, 2.45) is 0 Å². The molecule has 2 fully saturated rings. The summed E-state index contributed by atoms with van der Waals surface area (Å²) in [6, 6.07) is 7.19. The number of piperidine rings is 1. The third kappa shape index (κ3) is 3.38. The SMILES string of the molecule is CNC1CCCN(C(=O)C2(c3ccccc3F)CCCC2)C1.Cl. The van der Waals surface area contributed by atoms with Gasteiger partial charge in [0.25, 0.3) is 0 Å². The Hall–Kier alpha value is -1.13. The molecule has 1 unspecified atom stereocenters. The Morgan fingerprint density at radius 1 is 1.26 bits per heavy atom. The highest BCUT2D eigenvalue weighted by atomic mass is 35.5. The number of halogens is 2. The maximum atomic E-state index is 14.4. The van der Waals surface area contributed by atoms with Gasteiger partial charge in [-0.1, -0.05) is 31.0 Å². The van der Waals surface area contributed by atoms with Crippen molar-refractivity contribution in [3.63, 3.8) is 0 Å². The minimum atomic E-state index is -0.638. The number of carbonyl (C=O) groups is 1. The zero-order valence-corrected chi connectivity index (χ0v) is 14.5. The quantitative estimate of drug-likeness (QED) is 0.916. The summed E-state index contributed by atoms with van der Waals surface area (Å²) in [6.07, 6.45) is 5.67. The number of likely N-dealkylation sites (tertiary alicyclic amines) is 1. The molecule has 1 aliphatic carbocycles. The van der Waals surface area contributed by atoms with Crippen LogP contribution in [0.2, 0.25) is 0 Å². The number of likely N-dealkylation sites (N-methyl/N-ethyl adjacent to an activating group) is 1. The topological polar surface area (TPSA) is 32.3 Å². The van der Waals surface area contributed by atoms with E-state index in [1.165, 1.54) is 6.07 Å². The van der Waals surface area contributed by atoms with Gasteiger partial charge in [-0.25, -0.2) is 4.39 Å². The Morgan fingerprint density at radius 3 is 2.61 bits per heavy atom. The molecule has 1 aromatic carbocycles. The molecule has 1 atom stereocenters. The second kappa shape index (κ2) is 7.63. The molecule has 1 N–H and O–H groups in total. The van der Waals surface area contributed by atoms with Gasteiger partial charge >= 0.3 is 0 Å². The summed E-state index contributed by atoms with van der Waals surface area (Å²) in [5, 5.41) is 3.28. The molecule has 3 nitrogen and oxygen atoms in total. The number of carbonyl (C=O) groups excluding carboxylic acids is 1. The lowest BCUT2D eigenvalue weighted by molar-refractivity contribution is -0.138. The summed E-state index contributed by atoms with van der Waals surface area (Å²) in [5.41, 5.74) is -0.0369. The van der Waals surface area contributed by atoms with E-state index in [1.807, 2.05) is 18.0 Å². The van der Waals surface area contributed by atoms with Crippen LogP contribution in [0.5, 0.6) is 0 Å². The molecule has 1 aromatic rings. The lowest BCUT2D eigenvalue weighted by Crippen LogP contribution is -2.53. The van der Waals surface area contributed by atoms with E-state index in [-0.39, 0.29) is 24.1 Å². The Morgan fingerprint density at radius 2 is 1.96 bits per heavy atom. The number of nitrogens with one attached hydrogen (secondary N) is 1. The van der Waals surface area contributed by atoms with Gasteiger partial charge in [0.15, 0.2) is 0 Å². The van der Waals surface area contributed by atoms with E-state index in [2.05, 4.69) is 5.32 Å². The summed E-state index contributed by atoms with van der Waals surface area (Å²) in [6.45, 7) is 1.54. The monoisotopic (exact) mass is 340 g/mol. The highest BCUT2D eigenvalue weighted by Crippen LogP contribution is 2.44. The average Bonchev–Trinajstić information content (AvgIpc) is 3.05. The first-order valence-corrected chi connectivity index (χ1v) is 8.39. The highest BCUT2D eigenvalue weighted by molar-refractivity contribution is 5.89. The van der Waals surface area contributed by atoms with Crippen molar-refractivity contribution in [3.05, 3.63) is 35.6 Å². The third-order valence-electron chi connectivity index (χ3n) is 5.37. The lowest BCUT2D eigenvalue weighted by Gasteiger charge is -2.39. The van der Waals surface area contributed by atoms with Crippen LogP contribution in [0.3, 0.4) is 0 Å². The summed E-state index contributed by atoms with van der Waals surface area (Å²) < 4.78 is 14.4. The van der Waals surface area contributed by atoms with E-state index in [0.717, 1.165) is 51.6 Å². The van der Waals surface area contributed by atoms with Crippen LogP contribution in [0.4, 0.5) is 4.39 Å². The number of nitrogens with zero attached hydrogens (tertiary/aromatic N) is 1. The molecule has 1 amide bonds. The predicted octanol–water partition coefficient (Wildman–Crippen LogP) is 3.27. The minimum absolute atomic E-state index is 0. The van der Waals surface area contributed by atoms with Crippen molar-refractivity contribution in [1.29, 1.82) is 0 Å². The van der Waals surface area contributed by atoms with Crippen molar-refractivity contribution in [3.8, 4) is 0 Å². The van der Waals surface area contributed by atoms with Gasteiger partial charge in [-0.3, -0.25) is 4.79 Å².